The first-order valence-electron chi connectivity index (χ1n) is 10.3. The number of nitrogens with zero attached hydrogens (tertiary/aromatic N) is 1. The van der Waals surface area contributed by atoms with Crippen molar-refractivity contribution in [1.29, 1.82) is 0 Å². The molecule has 1 heterocycles. The predicted molar refractivity (Wildman–Crippen MR) is 125 cm³/mol. The number of benzene rings is 2. The SMILES string of the molecule is C[C@@H]1CN(C(=O)[C@H](C)OC(=O)c2cc(S(=O)(=O)Nc3ccc(F)cc3)c(Cl)cc2Cl)C[C@@H](C)O1. The Bertz CT molecular complexity index is 1180. The van der Waals surface area contributed by atoms with Gasteiger partial charge in [-0.05, 0) is 57.2 Å². The lowest BCUT2D eigenvalue weighted by Gasteiger charge is -2.36. The van der Waals surface area contributed by atoms with Crippen molar-refractivity contribution in [2.75, 3.05) is 17.8 Å². The molecule has 0 radical (unpaired) electrons. The van der Waals surface area contributed by atoms with E-state index in [0.717, 1.165) is 24.3 Å². The molecule has 34 heavy (non-hydrogen) atoms. The lowest BCUT2D eigenvalue weighted by molar-refractivity contribution is -0.151. The van der Waals surface area contributed by atoms with Crippen LogP contribution in [0.4, 0.5) is 10.1 Å². The summed E-state index contributed by atoms with van der Waals surface area (Å²) in [6.07, 6.45) is -1.47. The Kier molecular flexibility index (Phi) is 8.07. The summed E-state index contributed by atoms with van der Waals surface area (Å²) in [6, 6.07) is 6.68. The predicted octanol–water partition coefficient (Wildman–Crippen LogP) is 4.11. The zero-order valence-electron chi connectivity index (χ0n) is 18.5. The van der Waals surface area contributed by atoms with Gasteiger partial charge >= 0.3 is 5.97 Å². The maximum Gasteiger partial charge on any atom is 0.340 e. The van der Waals surface area contributed by atoms with E-state index < -0.39 is 38.7 Å². The smallest absolute Gasteiger partial charge is 0.340 e. The summed E-state index contributed by atoms with van der Waals surface area (Å²) in [5, 5.41) is -0.388. The quantitative estimate of drug-likeness (QED) is 0.561. The van der Waals surface area contributed by atoms with Gasteiger partial charge in [0.2, 0.25) is 0 Å². The van der Waals surface area contributed by atoms with Crippen LogP contribution in [0.25, 0.3) is 0 Å². The van der Waals surface area contributed by atoms with Gasteiger partial charge in [0.25, 0.3) is 15.9 Å². The lowest BCUT2D eigenvalue weighted by atomic mass is 10.2. The average Bonchev–Trinajstić information content (AvgIpc) is 2.73. The molecule has 12 heteroatoms. The van der Waals surface area contributed by atoms with Gasteiger partial charge in [-0.1, -0.05) is 23.2 Å². The van der Waals surface area contributed by atoms with Crippen LogP contribution in [0.5, 0.6) is 0 Å². The van der Waals surface area contributed by atoms with E-state index in [-0.39, 0.29) is 33.5 Å². The van der Waals surface area contributed by atoms with E-state index in [9.17, 15) is 22.4 Å². The standard InChI is InChI=1S/C22H23Cl2FN2O6S/c1-12-10-27(11-13(2)32-12)21(28)14(3)33-22(29)17-8-20(19(24)9-18(17)23)34(30,31)26-16-6-4-15(25)5-7-16/h4-9,12-14,26H,10-11H2,1-3H3/t12-,13-,14+/m1/s1. The summed E-state index contributed by atoms with van der Waals surface area (Å²) in [6.45, 7) is 5.79. The maximum absolute atomic E-state index is 13.1. The zero-order chi connectivity index (χ0) is 25.2. The van der Waals surface area contributed by atoms with Crippen molar-refractivity contribution in [1.82, 2.24) is 4.90 Å². The molecular weight excluding hydrogens is 510 g/mol. The highest BCUT2D eigenvalue weighted by Crippen LogP contribution is 2.31. The van der Waals surface area contributed by atoms with Crippen LogP contribution >= 0.6 is 23.2 Å². The molecule has 3 atom stereocenters. The summed E-state index contributed by atoms with van der Waals surface area (Å²) in [7, 11) is -4.26. The normalized spacial score (nSPS) is 19.4. The number of anilines is 1. The molecule has 0 unspecified atom stereocenters. The van der Waals surface area contributed by atoms with Gasteiger partial charge in [0.15, 0.2) is 6.10 Å². The van der Waals surface area contributed by atoms with E-state index in [1.807, 2.05) is 13.8 Å². The van der Waals surface area contributed by atoms with E-state index in [1.165, 1.54) is 19.1 Å². The van der Waals surface area contributed by atoms with Gasteiger partial charge in [-0.15, -0.1) is 0 Å². The number of carbonyl (C=O) groups is 2. The van der Waals surface area contributed by atoms with E-state index >= 15 is 0 Å². The second kappa shape index (κ2) is 10.5. The molecule has 2 aromatic carbocycles. The van der Waals surface area contributed by atoms with Crippen molar-refractivity contribution in [2.24, 2.45) is 0 Å². The molecule has 1 N–H and O–H groups in total. The molecule has 1 amide bonds. The Morgan fingerprint density at radius 2 is 1.71 bits per heavy atom. The van der Waals surface area contributed by atoms with Crippen LogP contribution in [-0.4, -0.2) is 56.6 Å². The lowest BCUT2D eigenvalue weighted by Crippen LogP contribution is -2.51. The number of morpholine rings is 1. The second-order valence-corrected chi connectivity index (χ2v) is 10.4. The van der Waals surface area contributed by atoms with Crippen LogP contribution in [0, 0.1) is 5.82 Å². The van der Waals surface area contributed by atoms with Crippen LogP contribution in [0.3, 0.4) is 0 Å². The molecule has 0 aromatic heterocycles. The molecule has 1 saturated heterocycles. The maximum atomic E-state index is 13.1. The molecular formula is C22H23Cl2FN2O6S. The molecule has 0 spiro atoms. The van der Waals surface area contributed by atoms with Crippen molar-refractivity contribution in [2.45, 2.75) is 44.0 Å². The van der Waals surface area contributed by atoms with Gasteiger partial charge in [0.05, 0.1) is 27.8 Å². The van der Waals surface area contributed by atoms with Gasteiger partial charge in [-0.3, -0.25) is 9.52 Å². The third-order valence-electron chi connectivity index (χ3n) is 4.99. The number of ether oxygens (including phenoxy) is 2. The van der Waals surface area contributed by atoms with Crippen molar-refractivity contribution >= 4 is 50.8 Å². The summed E-state index contributed by atoms with van der Waals surface area (Å²) >= 11 is 12.2. The number of nitrogens with one attached hydrogen (secondary N) is 1. The third kappa shape index (κ3) is 6.18. The number of amides is 1. The minimum atomic E-state index is -4.26. The van der Waals surface area contributed by atoms with Crippen LogP contribution in [0.2, 0.25) is 10.0 Å². The zero-order valence-corrected chi connectivity index (χ0v) is 20.9. The average molecular weight is 533 g/mol. The highest BCUT2D eigenvalue weighted by atomic mass is 35.5. The van der Waals surface area contributed by atoms with Crippen molar-refractivity contribution in [3.05, 3.63) is 57.8 Å². The Balaban J connectivity index is 1.80. The number of rotatable bonds is 6. The van der Waals surface area contributed by atoms with Crippen LogP contribution in [0.15, 0.2) is 41.3 Å². The fourth-order valence-corrected chi connectivity index (χ4v) is 5.42. The van der Waals surface area contributed by atoms with Crippen molar-refractivity contribution in [3.8, 4) is 0 Å². The van der Waals surface area contributed by atoms with Gasteiger partial charge in [-0.25, -0.2) is 17.6 Å². The molecule has 1 aliphatic rings. The minimum absolute atomic E-state index is 0.0877. The van der Waals surface area contributed by atoms with Crippen LogP contribution < -0.4 is 4.72 Å². The Labute approximate surface area is 207 Å². The Hall–Kier alpha value is -2.40. The highest BCUT2D eigenvalue weighted by Gasteiger charge is 2.31. The number of hydrogen-bond donors (Lipinski definition) is 1. The first kappa shape index (κ1) is 26.2. The number of halogens is 3. The van der Waals surface area contributed by atoms with Gasteiger partial charge in [-0.2, -0.15) is 0 Å². The largest absolute Gasteiger partial charge is 0.449 e. The van der Waals surface area contributed by atoms with Gasteiger partial charge in [0, 0.05) is 18.8 Å². The molecule has 0 bridgehead atoms. The number of esters is 1. The topological polar surface area (TPSA) is 102 Å². The van der Waals surface area contributed by atoms with Gasteiger partial charge < -0.3 is 14.4 Å². The van der Waals surface area contributed by atoms with Crippen molar-refractivity contribution in [3.63, 3.8) is 0 Å². The second-order valence-electron chi connectivity index (χ2n) is 7.92. The third-order valence-corrected chi connectivity index (χ3v) is 7.15. The summed E-state index contributed by atoms with van der Waals surface area (Å²) in [5.41, 5.74) is -0.196. The van der Waals surface area contributed by atoms with Gasteiger partial charge in [0.1, 0.15) is 10.7 Å². The first-order chi connectivity index (χ1) is 15.9. The Morgan fingerprint density at radius 1 is 1.12 bits per heavy atom. The van der Waals surface area contributed by atoms with E-state index in [1.54, 1.807) is 4.90 Å². The van der Waals surface area contributed by atoms with Crippen LogP contribution in [-0.2, 0) is 24.3 Å². The molecule has 0 aliphatic carbocycles. The molecule has 184 valence electrons. The van der Waals surface area contributed by atoms with E-state index in [4.69, 9.17) is 32.7 Å². The first-order valence-corrected chi connectivity index (χ1v) is 12.5. The summed E-state index contributed by atoms with van der Waals surface area (Å²) < 4.78 is 51.9. The fraction of sp³-hybridized carbons (Fsp3) is 0.364. The van der Waals surface area contributed by atoms with Crippen molar-refractivity contribution < 1.29 is 31.9 Å². The molecule has 1 aliphatic heterocycles. The Morgan fingerprint density at radius 3 is 2.29 bits per heavy atom. The molecule has 3 rings (SSSR count). The number of carbonyl (C=O) groups excluding carboxylic acids is 2. The molecule has 2 aromatic rings. The molecule has 0 saturated carbocycles. The minimum Gasteiger partial charge on any atom is -0.449 e. The van der Waals surface area contributed by atoms with E-state index in [2.05, 4.69) is 4.72 Å². The fourth-order valence-electron chi connectivity index (χ4n) is 3.51. The number of sulfonamides is 1. The summed E-state index contributed by atoms with van der Waals surface area (Å²) in [4.78, 5) is 26.6. The highest BCUT2D eigenvalue weighted by molar-refractivity contribution is 7.92. The molecule has 1 fully saturated rings. The monoisotopic (exact) mass is 532 g/mol. The number of hydrogen-bond acceptors (Lipinski definition) is 6. The van der Waals surface area contributed by atoms with Crippen LogP contribution in [0.1, 0.15) is 31.1 Å². The summed E-state index contributed by atoms with van der Waals surface area (Å²) in [5.74, 6) is -1.94. The molecule has 8 nitrogen and oxygen atoms in total. The van der Waals surface area contributed by atoms with E-state index in [0.29, 0.717) is 13.1 Å².